The van der Waals surface area contributed by atoms with Gasteiger partial charge in [0.05, 0.1) is 13.0 Å². The van der Waals surface area contributed by atoms with Gasteiger partial charge in [0.15, 0.2) is 0 Å². The molecule has 0 aromatic rings. The maximum absolute atomic E-state index is 11.1. The molecule has 0 aliphatic heterocycles. The number of methoxy groups -OCH3 is 1. The molecule has 0 saturated heterocycles. The molecule has 0 heterocycles. The fourth-order valence-electron chi connectivity index (χ4n) is 2.60. The molecule has 2 aliphatic carbocycles. The molecule has 2 fully saturated rings. The van der Waals surface area contributed by atoms with Crippen LogP contribution in [-0.4, -0.2) is 28.1 Å². The number of rotatable bonds is 2. The van der Waals surface area contributed by atoms with E-state index in [0.717, 1.165) is 0 Å². The molecule has 0 radical (unpaired) electrons. The molecule has 2 rings (SSSR count). The van der Waals surface area contributed by atoms with Crippen LogP contribution in [0.4, 0.5) is 0 Å². The average Bonchev–Trinajstić information content (AvgIpc) is 2.69. The maximum atomic E-state index is 11.1. The van der Waals surface area contributed by atoms with Crippen LogP contribution in [0.3, 0.4) is 0 Å². The molecule has 1 spiro atoms. The largest absolute Gasteiger partial charge is 0.469 e. The molecular formula is C8H14NO5P. The van der Waals surface area contributed by atoms with Crippen molar-refractivity contribution >= 4 is 13.6 Å². The summed E-state index contributed by atoms with van der Waals surface area (Å²) in [6, 6.07) is 0. The van der Waals surface area contributed by atoms with E-state index in [1.165, 1.54) is 7.11 Å². The van der Waals surface area contributed by atoms with E-state index in [1.807, 2.05) is 0 Å². The Hall–Kier alpha value is -0.420. The number of carbonyl (C=O) groups is 1. The summed E-state index contributed by atoms with van der Waals surface area (Å²) in [5.41, 5.74) is 5.13. The van der Waals surface area contributed by atoms with Gasteiger partial charge in [-0.05, 0) is 19.3 Å². The molecule has 86 valence electrons. The Balaban J connectivity index is 2.02. The van der Waals surface area contributed by atoms with Crippen molar-refractivity contribution in [2.75, 3.05) is 7.11 Å². The van der Waals surface area contributed by atoms with E-state index >= 15 is 0 Å². The predicted octanol–water partition coefficient (Wildman–Crippen LogP) is -0.208. The Labute approximate surface area is 86.9 Å². The van der Waals surface area contributed by atoms with Crippen LogP contribution in [0.15, 0.2) is 0 Å². The molecule has 7 heteroatoms. The van der Waals surface area contributed by atoms with Crippen LogP contribution in [0, 0.1) is 11.3 Å². The first kappa shape index (κ1) is 11.1. The second-order valence-corrected chi connectivity index (χ2v) is 6.44. The summed E-state index contributed by atoms with van der Waals surface area (Å²) in [6.07, 6.45) is 1.17. The lowest BCUT2D eigenvalue weighted by Gasteiger charge is -2.37. The summed E-state index contributed by atoms with van der Waals surface area (Å²) in [4.78, 5) is 29.3. The first-order valence-electron chi connectivity index (χ1n) is 4.68. The van der Waals surface area contributed by atoms with Gasteiger partial charge in [0, 0.05) is 5.41 Å². The van der Waals surface area contributed by atoms with E-state index in [2.05, 4.69) is 4.74 Å². The molecule has 0 aromatic carbocycles. The van der Waals surface area contributed by atoms with E-state index in [1.54, 1.807) is 0 Å². The third kappa shape index (κ3) is 1.29. The summed E-state index contributed by atoms with van der Waals surface area (Å²) in [7, 11) is -2.96. The zero-order valence-electron chi connectivity index (χ0n) is 8.34. The van der Waals surface area contributed by atoms with Gasteiger partial charge in [0.1, 0.15) is 5.28 Å². The Morgan fingerprint density at radius 1 is 1.53 bits per heavy atom. The molecule has 15 heavy (non-hydrogen) atoms. The topological polar surface area (TPSA) is 110 Å². The smallest absolute Gasteiger partial charge is 0.345 e. The van der Waals surface area contributed by atoms with Crippen LogP contribution in [0.1, 0.15) is 19.3 Å². The molecule has 0 amide bonds. The fraction of sp³-hybridized carbons (Fsp3) is 0.875. The number of hydrogen-bond donors (Lipinski definition) is 3. The molecule has 2 saturated carbocycles. The Morgan fingerprint density at radius 3 is 2.40 bits per heavy atom. The van der Waals surface area contributed by atoms with Gasteiger partial charge < -0.3 is 20.3 Å². The van der Waals surface area contributed by atoms with Crippen molar-refractivity contribution in [3.8, 4) is 0 Å². The summed E-state index contributed by atoms with van der Waals surface area (Å²) < 4.78 is 15.7. The van der Waals surface area contributed by atoms with E-state index < -0.39 is 18.3 Å². The summed E-state index contributed by atoms with van der Waals surface area (Å²) in [5, 5.41) is -1.40. The minimum atomic E-state index is -4.26. The highest BCUT2D eigenvalue weighted by molar-refractivity contribution is 7.54. The number of carbonyl (C=O) groups excluding carboxylic acids is 1. The Bertz CT molecular complexity index is 358. The second-order valence-electron chi connectivity index (χ2n) is 4.55. The average molecular weight is 235 g/mol. The second kappa shape index (κ2) is 2.83. The first-order chi connectivity index (χ1) is 6.76. The first-order valence-corrected chi connectivity index (χ1v) is 6.29. The zero-order chi connectivity index (χ0) is 11.5. The van der Waals surface area contributed by atoms with E-state index in [0.29, 0.717) is 19.3 Å². The van der Waals surface area contributed by atoms with Crippen LogP contribution in [0.25, 0.3) is 0 Å². The van der Waals surface area contributed by atoms with Crippen molar-refractivity contribution in [3.63, 3.8) is 0 Å². The molecule has 0 aromatic heterocycles. The highest BCUT2D eigenvalue weighted by atomic mass is 31.2. The van der Waals surface area contributed by atoms with Crippen LogP contribution in [0.2, 0.25) is 0 Å². The van der Waals surface area contributed by atoms with Gasteiger partial charge in [-0.15, -0.1) is 0 Å². The molecule has 1 unspecified atom stereocenters. The summed E-state index contributed by atoms with van der Waals surface area (Å²) >= 11 is 0. The van der Waals surface area contributed by atoms with E-state index in [9.17, 15) is 9.36 Å². The van der Waals surface area contributed by atoms with Gasteiger partial charge in [-0.3, -0.25) is 9.36 Å². The highest BCUT2D eigenvalue weighted by Gasteiger charge is 2.78. The standard InChI is InChI=1S/C8H14NO5P/c1-14-6(10)5-2-7(3-5)4-8(7,9)15(11,12)13/h5H,2-4,9H2,1H3,(H2,11,12,13). The molecule has 0 bridgehead atoms. The van der Waals surface area contributed by atoms with Crippen molar-refractivity contribution in [1.82, 2.24) is 0 Å². The van der Waals surface area contributed by atoms with Crippen LogP contribution in [-0.2, 0) is 14.1 Å². The molecule has 6 nitrogen and oxygen atoms in total. The van der Waals surface area contributed by atoms with Crippen molar-refractivity contribution in [2.24, 2.45) is 17.1 Å². The van der Waals surface area contributed by atoms with Crippen LogP contribution in [0.5, 0.6) is 0 Å². The SMILES string of the molecule is COC(=O)C1CC2(C1)CC2(N)P(=O)(O)O. The van der Waals surface area contributed by atoms with Crippen molar-refractivity contribution < 1.29 is 23.9 Å². The van der Waals surface area contributed by atoms with Crippen LogP contribution < -0.4 is 5.73 Å². The minimum Gasteiger partial charge on any atom is -0.469 e. The Kier molecular flexibility index (Phi) is 2.09. The number of hydrogen-bond acceptors (Lipinski definition) is 4. The van der Waals surface area contributed by atoms with Gasteiger partial charge in [-0.1, -0.05) is 0 Å². The molecular weight excluding hydrogens is 221 g/mol. The Morgan fingerprint density at radius 2 is 2.07 bits per heavy atom. The number of esters is 1. The maximum Gasteiger partial charge on any atom is 0.345 e. The van der Waals surface area contributed by atoms with Crippen molar-refractivity contribution in [3.05, 3.63) is 0 Å². The normalized spacial score (nSPS) is 43.6. The van der Waals surface area contributed by atoms with Crippen LogP contribution >= 0.6 is 7.60 Å². The number of ether oxygens (including phenoxy) is 1. The summed E-state index contributed by atoms with van der Waals surface area (Å²) in [6.45, 7) is 0. The van der Waals surface area contributed by atoms with Gasteiger partial charge in [0.2, 0.25) is 0 Å². The summed E-state index contributed by atoms with van der Waals surface area (Å²) in [5.74, 6) is -0.562. The van der Waals surface area contributed by atoms with Crippen molar-refractivity contribution in [2.45, 2.75) is 24.5 Å². The van der Waals surface area contributed by atoms with Crippen molar-refractivity contribution in [1.29, 1.82) is 0 Å². The van der Waals surface area contributed by atoms with Gasteiger partial charge in [-0.25, -0.2) is 0 Å². The highest BCUT2D eigenvalue weighted by Crippen LogP contribution is 2.80. The quantitative estimate of drug-likeness (QED) is 0.451. The van der Waals surface area contributed by atoms with E-state index in [-0.39, 0.29) is 11.9 Å². The predicted molar refractivity (Wildman–Crippen MR) is 50.8 cm³/mol. The number of nitrogens with two attached hydrogens (primary N) is 1. The monoisotopic (exact) mass is 235 g/mol. The fourth-order valence-corrected chi connectivity index (χ4v) is 3.91. The lowest BCUT2D eigenvalue weighted by Crippen LogP contribution is -2.42. The zero-order valence-corrected chi connectivity index (χ0v) is 9.24. The van der Waals surface area contributed by atoms with Gasteiger partial charge in [0.25, 0.3) is 0 Å². The third-order valence-electron chi connectivity index (χ3n) is 3.73. The lowest BCUT2D eigenvalue weighted by atomic mass is 9.71. The van der Waals surface area contributed by atoms with Gasteiger partial charge in [-0.2, -0.15) is 0 Å². The third-order valence-corrected chi connectivity index (χ3v) is 5.40. The lowest BCUT2D eigenvalue weighted by molar-refractivity contribution is -0.151. The molecule has 1 atom stereocenters. The van der Waals surface area contributed by atoms with Gasteiger partial charge >= 0.3 is 13.6 Å². The molecule has 2 aliphatic rings. The minimum absolute atomic E-state index is 0.244. The van der Waals surface area contributed by atoms with E-state index in [4.69, 9.17) is 15.5 Å². The molecule has 4 N–H and O–H groups in total.